The van der Waals surface area contributed by atoms with Crippen LogP contribution in [0.3, 0.4) is 0 Å². The number of ether oxygens (including phenoxy) is 1. The van der Waals surface area contributed by atoms with Crippen LogP contribution < -0.4 is 10.1 Å². The van der Waals surface area contributed by atoms with E-state index in [1.165, 1.54) is 0 Å². The summed E-state index contributed by atoms with van der Waals surface area (Å²) in [6.45, 7) is 0.765. The second-order valence-electron chi connectivity index (χ2n) is 3.35. The number of Topliss-reactive ketones (excluding diaryl/α,β-unsaturated/α-hetero) is 1. The van der Waals surface area contributed by atoms with Crippen LogP contribution in [-0.4, -0.2) is 19.4 Å². The Kier molecular flexibility index (Phi) is 4.12. The van der Waals surface area contributed by atoms with Gasteiger partial charge in [0.1, 0.15) is 5.75 Å². The third kappa shape index (κ3) is 2.30. The van der Waals surface area contributed by atoms with Crippen LogP contribution in [0.15, 0.2) is 24.3 Å². The number of benzene rings is 1. The van der Waals surface area contributed by atoms with Gasteiger partial charge >= 0.3 is 0 Å². The molecule has 1 atom stereocenters. The van der Waals surface area contributed by atoms with E-state index in [2.05, 4.69) is 5.32 Å². The van der Waals surface area contributed by atoms with E-state index in [4.69, 9.17) is 4.74 Å². The second kappa shape index (κ2) is 5.14. The van der Waals surface area contributed by atoms with Gasteiger partial charge in [0.2, 0.25) is 0 Å². The minimum absolute atomic E-state index is 0. The van der Waals surface area contributed by atoms with E-state index in [9.17, 15) is 4.79 Å². The number of nitrogens with one attached hydrogen (secondary N) is 1. The number of methoxy groups -OCH3 is 1. The average Bonchev–Trinajstić information content (AvgIpc) is 2.64. The normalized spacial score (nSPS) is 19.8. The van der Waals surface area contributed by atoms with Crippen molar-refractivity contribution >= 4 is 18.2 Å². The monoisotopic (exact) mass is 227 g/mol. The van der Waals surface area contributed by atoms with Gasteiger partial charge in [0.15, 0.2) is 5.78 Å². The van der Waals surface area contributed by atoms with Gasteiger partial charge in [0.05, 0.1) is 13.2 Å². The predicted molar refractivity (Wildman–Crippen MR) is 60.6 cm³/mol. The highest BCUT2D eigenvalue weighted by molar-refractivity contribution is 5.88. The van der Waals surface area contributed by atoms with Crippen LogP contribution in [-0.2, 0) is 4.79 Å². The Hall–Kier alpha value is -1.06. The third-order valence-corrected chi connectivity index (χ3v) is 2.49. The quantitative estimate of drug-likeness (QED) is 0.836. The molecule has 0 spiro atoms. The largest absolute Gasteiger partial charge is 0.496 e. The summed E-state index contributed by atoms with van der Waals surface area (Å²) in [6.07, 6.45) is 0.614. The molecule has 0 bridgehead atoms. The molecule has 3 nitrogen and oxygen atoms in total. The molecule has 1 heterocycles. The number of para-hydroxylation sites is 1. The van der Waals surface area contributed by atoms with Crippen molar-refractivity contribution in [2.24, 2.45) is 0 Å². The lowest BCUT2D eigenvalue weighted by Gasteiger charge is -2.13. The molecular weight excluding hydrogens is 214 g/mol. The lowest BCUT2D eigenvalue weighted by Crippen LogP contribution is -2.18. The number of halogens is 1. The van der Waals surface area contributed by atoms with Crippen LogP contribution in [0.2, 0.25) is 0 Å². The highest BCUT2D eigenvalue weighted by Gasteiger charge is 2.27. The maximum absolute atomic E-state index is 11.5. The van der Waals surface area contributed by atoms with Crippen LogP contribution in [0.1, 0.15) is 18.0 Å². The summed E-state index contributed by atoms with van der Waals surface area (Å²) < 4.78 is 5.21. The first kappa shape index (κ1) is 12.0. The third-order valence-electron chi connectivity index (χ3n) is 2.49. The van der Waals surface area contributed by atoms with E-state index in [0.717, 1.165) is 17.9 Å². The van der Waals surface area contributed by atoms with Gasteiger partial charge in [-0.1, -0.05) is 18.2 Å². The predicted octanol–water partition coefficient (Wildman–Crippen LogP) is 1.72. The number of ketones is 1. The minimum Gasteiger partial charge on any atom is -0.496 e. The molecule has 0 aromatic heterocycles. The minimum atomic E-state index is -0.175. The second-order valence-corrected chi connectivity index (χ2v) is 3.35. The van der Waals surface area contributed by atoms with Gasteiger partial charge < -0.3 is 10.1 Å². The molecule has 0 radical (unpaired) electrons. The Morgan fingerprint density at radius 3 is 2.73 bits per heavy atom. The van der Waals surface area contributed by atoms with E-state index >= 15 is 0 Å². The maximum atomic E-state index is 11.5. The van der Waals surface area contributed by atoms with Crippen molar-refractivity contribution in [2.45, 2.75) is 12.5 Å². The van der Waals surface area contributed by atoms with E-state index in [1.54, 1.807) is 7.11 Å². The molecule has 4 heteroatoms. The first-order valence-corrected chi connectivity index (χ1v) is 4.72. The van der Waals surface area contributed by atoms with Crippen molar-refractivity contribution in [1.82, 2.24) is 5.32 Å². The number of hydrogen-bond donors (Lipinski definition) is 1. The summed E-state index contributed by atoms with van der Waals surface area (Å²) >= 11 is 0. The molecule has 1 aromatic rings. The zero-order chi connectivity index (χ0) is 9.97. The highest BCUT2D eigenvalue weighted by atomic mass is 35.5. The summed E-state index contributed by atoms with van der Waals surface area (Å²) in [5, 5.41) is 3.17. The SMILES string of the molecule is COc1ccccc1C1NCCC1=O.Cl. The molecule has 1 aromatic carbocycles. The summed E-state index contributed by atoms with van der Waals surface area (Å²) in [4.78, 5) is 11.5. The van der Waals surface area contributed by atoms with Crippen LogP contribution >= 0.6 is 12.4 Å². The first-order chi connectivity index (χ1) is 6.83. The number of carbonyl (C=O) groups is 1. The average molecular weight is 228 g/mol. The number of carbonyl (C=O) groups excluding carboxylic acids is 1. The van der Waals surface area contributed by atoms with Crippen LogP contribution in [0, 0.1) is 0 Å². The van der Waals surface area contributed by atoms with Crippen molar-refractivity contribution in [3.8, 4) is 5.75 Å². The van der Waals surface area contributed by atoms with Gasteiger partial charge in [-0.3, -0.25) is 4.79 Å². The van der Waals surface area contributed by atoms with E-state index in [0.29, 0.717) is 6.42 Å². The van der Waals surface area contributed by atoms with Crippen molar-refractivity contribution in [2.75, 3.05) is 13.7 Å². The molecule has 1 unspecified atom stereocenters. The van der Waals surface area contributed by atoms with Crippen molar-refractivity contribution < 1.29 is 9.53 Å². The first-order valence-electron chi connectivity index (χ1n) is 4.72. The van der Waals surface area contributed by atoms with E-state index < -0.39 is 0 Å². The molecule has 1 fully saturated rings. The Morgan fingerprint density at radius 2 is 2.13 bits per heavy atom. The smallest absolute Gasteiger partial charge is 0.155 e. The van der Waals surface area contributed by atoms with Crippen LogP contribution in [0.5, 0.6) is 5.75 Å². The summed E-state index contributed by atoms with van der Waals surface area (Å²) in [5.74, 6) is 1.02. The van der Waals surface area contributed by atoms with Gasteiger partial charge in [-0.25, -0.2) is 0 Å². The standard InChI is InChI=1S/C11H13NO2.ClH/c1-14-10-5-3-2-4-8(10)11-9(13)6-7-12-11;/h2-5,11-12H,6-7H2,1H3;1H. The zero-order valence-electron chi connectivity index (χ0n) is 8.53. The Bertz CT molecular complexity index is 354. The lowest BCUT2D eigenvalue weighted by atomic mass is 10.0. The van der Waals surface area contributed by atoms with Gasteiger partial charge in [0.25, 0.3) is 0 Å². The number of rotatable bonds is 2. The van der Waals surface area contributed by atoms with Crippen molar-refractivity contribution in [3.63, 3.8) is 0 Å². The number of hydrogen-bond acceptors (Lipinski definition) is 3. The molecule has 2 rings (SSSR count). The molecule has 0 amide bonds. The lowest BCUT2D eigenvalue weighted by molar-refractivity contribution is -0.118. The van der Waals surface area contributed by atoms with Crippen LogP contribution in [0.4, 0.5) is 0 Å². The zero-order valence-corrected chi connectivity index (χ0v) is 9.34. The summed E-state index contributed by atoms with van der Waals surface area (Å²) in [7, 11) is 1.62. The molecular formula is C11H14ClNO2. The molecule has 82 valence electrons. The molecule has 0 saturated carbocycles. The van der Waals surface area contributed by atoms with Gasteiger partial charge in [-0.2, -0.15) is 0 Å². The fourth-order valence-corrected chi connectivity index (χ4v) is 1.79. The fourth-order valence-electron chi connectivity index (χ4n) is 1.79. The van der Waals surface area contributed by atoms with Crippen molar-refractivity contribution in [3.05, 3.63) is 29.8 Å². The summed E-state index contributed by atoms with van der Waals surface area (Å²) in [6, 6.07) is 7.46. The molecule has 1 aliphatic heterocycles. The highest BCUT2D eigenvalue weighted by Crippen LogP contribution is 2.28. The van der Waals surface area contributed by atoms with Gasteiger partial charge in [-0.05, 0) is 6.07 Å². The molecule has 0 aliphatic carbocycles. The van der Waals surface area contributed by atoms with Gasteiger partial charge in [0, 0.05) is 18.5 Å². The van der Waals surface area contributed by atoms with Gasteiger partial charge in [-0.15, -0.1) is 12.4 Å². The molecule has 1 aliphatic rings. The van der Waals surface area contributed by atoms with Crippen LogP contribution in [0.25, 0.3) is 0 Å². The van der Waals surface area contributed by atoms with E-state index in [1.807, 2.05) is 24.3 Å². The summed E-state index contributed by atoms with van der Waals surface area (Å²) in [5.41, 5.74) is 0.942. The Balaban J connectivity index is 0.00000112. The molecule has 15 heavy (non-hydrogen) atoms. The Labute approximate surface area is 95.2 Å². The molecule has 1 saturated heterocycles. The van der Waals surface area contributed by atoms with E-state index in [-0.39, 0.29) is 24.2 Å². The fraction of sp³-hybridized carbons (Fsp3) is 0.364. The maximum Gasteiger partial charge on any atom is 0.155 e. The molecule has 1 N–H and O–H groups in total. The Morgan fingerprint density at radius 1 is 1.40 bits per heavy atom. The van der Waals surface area contributed by atoms with Crippen molar-refractivity contribution in [1.29, 1.82) is 0 Å². The topological polar surface area (TPSA) is 38.3 Å².